The Morgan fingerprint density at radius 2 is 1.80 bits per heavy atom. The largest absolute Gasteiger partial charge is 0.371 e. The maximum absolute atomic E-state index is 12.8. The van der Waals surface area contributed by atoms with Crippen LogP contribution in [0.15, 0.2) is 30.3 Å². The predicted octanol–water partition coefficient (Wildman–Crippen LogP) is 2.31. The molecule has 3 N–H and O–H groups in total. The molecule has 1 aromatic rings. The van der Waals surface area contributed by atoms with Gasteiger partial charge in [0.15, 0.2) is 0 Å². The van der Waals surface area contributed by atoms with Crippen LogP contribution in [0.3, 0.4) is 0 Å². The Hall–Kier alpha value is -2.38. The summed E-state index contributed by atoms with van der Waals surface area (Å²) in [6.07, 6.45) is 10.3. The molecule has 1 aromatic carbocycles. The van der Waals surface area contributed by atoms with Crippen LogP contribution in [-0.4, -0.2) is 59.7 Å². The molecule has 7 heteroatoms. The van der Waals surface area contributed by atoms with Gasteiger partial charge in [-0.15, -0.1) is 0 Å². The molecule has 0 aromatic heterocycles. The predicted molar refractivity (Wildman–Crippen MR) is 116 cm³/mol. The van der Waals surface area contributed by atoms with Crippen LogP contribution in [0.5, 0.6) is 0 Å². The maximum Gasteiger partial charge on any atom is 0.267 e. The van der Waals surface area contributed by atoms with Gasteiger partial charge in [0, 0.05) is 42.9 Å². The van der Waals surface area contributed by atoms with Crippen LogP contribution in [0.4, 0.5) is 5.69 Å². The van der Waals surface area contributed by atoms with Gasteiger partial charge in [0.1, 0.15) is 0 Å². The Bertz CT molecular complexity index is 791. The molecule has 3 fully saturated rings. The molecule has 0 spiro atoms. The molecule has 0 saturated carbocycles. The number of benzene rings is 1. The second-order valence-corrected chi connectivity index (χ2v) is 8.79. The Morgan fingerprint density at radius 1 is 1.10 bits per heavy atom. The molecular weight excluding hydrogens is 380 g/mol. The molecule has 4 rings (SSSR count). The fourth-order valence-electron chi connectivity index (χ4n) is 5.48. The Kier molecular flexibility index (Phi) is 6.39. The molecule has 162 valence electrons. The molecule has 0 aliphatic carbocycles. The molecule has 3 aliphatic rings. The van der Waals surface area contributed by atoms with E-state index in [-0.39, 0.29) is 17.5 Å². The van der Waals surface area contributed by atoms with E-state index in [4.69, 9.17) is 5.21 Å². The van der Waals surface area contributed by atoms with Crippen molar-refractivity contribution in [3.63, 3.8) is 0 Å². The highest BCUT2D eigenvalue weighted by Gasteiger charge is 2.45. The summed E-state index contributed by atoms with van der Waals surface area (Å²) in [5.74, 6) is -0.339. The van der Waals surface area contributed by atoms with E-state index in [9.17, 15) is 9.59 Å². The minimum absolute atomic E-state index is 0.136. The number of hydrogen-bond acceptors (Lipinski definition) is 5. The smallest absolute Gasteiger partial charge is 0.267 e. The lowest BCUT2D eigenvalue weighted by Gasteiger charge is -2.36. The Labute approximate surface area is 178 Å². The lowest BCUT2D eigenvalue weighted by Crippen LogP contribution is -2.48. The van der Waals surface area contributed by atoms with E-state index in [1.165, 1.54) is 18.9 Å². The highest BCUT2D eigenvalue weighted by atomic mass is 16.5. The number of carbonyl (C=O) groups excluding carboxylic acids is 2. The Balaban J connectivity index is 1.31. The number of anilines is 1. The number of carbonyl (C=O) groups is 2. The first kappa shape index (κ1) is 20.9. The summed E-state index contributed by atoms with van der Waals surface area (Å²) in [6, 6.07) is 8.15. The normalized spacial score (nSPS) is 21.7. The monoisotopic (exact) mass is 412 g/mol. The molecule has 3 saturated heterocycles. The highest BCUT2D eigenvalue weighted by Crippen LogP contribution is 2.41. The van der Waals surface area contributed by atoms with Crippen molar-refractivity contribution in [3.05, 3.63) is 35.9 Å². The van der Waals surface area contributed by atoms with Gasteiger partial charge in [0.05, 0.1) is 0 Å². The van der Waals surface area contributed by atoms with Crippen LogP contribution in [0.2, 0.25) is 0 Å². The summed E-state index contributed by atoms with van der Waals surface area (Å²) in [5, 5.41) is 12.0. The number of rotatable bonds is 6. The van der Waals surface area contributed by atoms with Gasteiger partial charge in [0.2, 0.25) is 5.91 Å². The number of amides is 2. The molecule has 0 bridgehead atoms. The third kappa shape index (κ3) is 4.52. The van der Waals surface area contributed by atoms with E-state index in [0.29, 0.717) is 6.42 Å². The summed E-state index contributed by atoms with van der Waals surface area (Å²) in [6.45, 7) is 4.03. The van der Waals surface area contributed by atoms with Crippen LogP contribution >= 0.6 is 0 Å². The molecule has 0 atom stereocenters. The first-order valence-electron chi connectivity index (χ1n) is 11.1. The van der Waals surface area contributed by atoms with Crippen molar-refractivity contribution < 1.29 is 14.8 Å². The molecule has 3 heterocycles. The fourth-order valence-corrected chi connectivity index (χ4v) is 5.48. The van der Waals surface area contributed by atoms with Gasteiger partial charge >= 0.3 is 0 Å². The average molecular weight is 413 g/mol. The minimum Gasteiger partial charge on any atom is -0.371 e. The van der Waals surface area contributed by atoms with Crippen molar-refractivity contribution in [3.8, 4) is 0 Å². The zero-order valence-electron chi connectivity index (χ0n) is 17.5. The zero-order chi connectivity index (χ0) is 21.0. The van der Waals surface area contributed by atoms with Crippen molar-refractivity contribution in [2.75, 3.05) is 31.1 Å². The molecule has 0 unspecified atom stereocenters. The van der Waals surface area contributed by atoms with Gasteiger partial charge in [-0.3, -0.25) is 19.7 Å². The third-order valence-corrected chi connectivity index (χ3v) is 6.96. The van der Waals surface area contributed by atoms with E-state index >= 15 is 0 Å². The SMILES string of the molecule is O=C(C=Cc1ccccc1N1CCC(NC(=O)CC23CCCN2CCC3)CC1)NO. The number of hydroxylamine groups is 1. The molecule has 7 nitrogen and oxygen atoms in total. The van der Waals surface area contributed by atoms with Gasteiger partial charge in [0.25, 0.3) is 5.91 Å². The van der Waals surface area contributed by atoms with E-state index < -0.39 is 5.91 Å². The standard InChI is InChI=1S/C23H32N4O3/c28-21(25-30)8-7-18-5-1-2-6-20(18)26-15-9-19(10-16-26)24-22(29)17-23-11-3-13-27(23)14-4-12-23/h1-2,5-8,19,30H,3-4,9-17H2,(H,24,29)(H,25,28). The van der Waals surface area contributed by atoms with Crippen LogP contribution < -0.4 is 15.7 Å². The molecule has 0 radical (unpaired) electrons. The first-order chi connectivity index (χ1) is 14.6. The summed E-state index contributed by atoms with van der Waals surface area (Å²) < 4.78 is 0. The fraction of sp³-hybridized carbons (Fsp3) is 0.565. The maximum atomic E-state index is 12.8. The minimum atomic E-state index is -0.547. The number of nitrogens with one attached hydrogen (secondary N) is 2. The van der Waals surface area contributed by atoms with Gasteiger partial charge in [-0.2, -0.15) is 0 Å². The second-order valence-electron chi connectivity index (χ2n) is 8.79. The van der Waals surface area contributed by atoms with Crippen LogP contribution in [0, 0.1) is 0 Å². The third-order valence-electron chi connectivity index (χ3n) is 6.96. The van der Waals surface area contributed by atoms with Crippen LogP contribution in [0.1, 0.15) is 50.5 Å². The van der Waals surface area contributed by atoms with Crippen LogP contribution in [0.25, 0.3) is 6.08 Å². The Morgan fingerprint density at radius 3 is 2.50 bits per heavy atom. The number of fused-ring (bicyclic) bond motifs is 1. The average Bonchev–Trinajstić information content (AvgIpc) is 3.32. The van der Waals surface area contributed by atoms with Crippen LogP contribution in [-0.2, 0) is 9.59 Å². The van der Waals surface area contributed by atoms with Gasteiger partial charge in [-0.1, -0.05) is 18.2 Å². The lowest BCUT2D eigenvalue weighted by molar-refractivity contribution is -0.124. The van der Waals surface area contributed by atoms with Crippen molar-refractivity contribution in [1.82, 2.24) is 15.7 Å². The molecule has 30 heavy (non-hydrogen) atoms. The van der Waals surface area contributed by atoms with Crippen molar-refractivity contribution in [2.45, 2.75) is 56.5 Å². The van der Waals surface area contributed by atoms with E-state index in [0.717, 1.165) is 63.1 Å². The van der Waals surface area contributed by atoms with Gasteiger partial charge in [-0.25, -0.2) is 5.48 Å². The number of piperidine rings is 1. The first-order valence-corrected chi connectivity index (χ1v) is 11.1. The van der Waals surface area contributed by atoms with E-state index in [1.54, 1.807) is 11.6 Å². The van der Waals surface area contributed by atoms with Crippen molar-refractivity contribution in [2.24, 2.45) is 0 Å². The lowest BCUT2D eigenvalue weighted by atomic mass is 9.89. The summed E-state index contributed by atoms with van der Waals surface area (Å²) in [7, 11) is 0. The molecular formula is C23H32N4O3. The number of para-hydroxylation sites is 1. The van der Waals surface area contributed by atoms with Gasteiger partial charge in [-0.05, 0) is 69.3 Å². The van der Waals surface area contributed by atoms with E-state index in [1.807, 2.05) is 24.3 Å². The second kappa shape index (κ2) is 9.18. The summed E-state index contributed by atoms with van der Waals surface area (Å²) in [5.41, 5.74) is 3.75. The van der Waals surface area contributed by atoms with Crippen molar-refractivity contribution in [1.29, 1.82) is 0 Å². The molecule has 3 aliphatic heterocycles. The quantitative estimate of drug-likeness (QED) is 0.379. The van der Waals surface area contributed by atoms with Crippen molar-refractivity contribution >= 4 is 23.6 Å². The van der Waals surface area contributed by atoms with Gasteiger partial charge < -0.3 is 10.2 Å². The zero-order valence-corrected chi connectivity index (χ0v) is 17.5. The number of nitrogens with zero attached hydrogens (tertiary/aromatic N) is 2. The molecule has 2 amide bonds. The summed E-state index contributed by atoms with van der Waals surface area (Å²) >= 11 is 0. The summed E-state index contributed by atoms with van der Waals surface area (Å²) in [4.78, 5) is 28.9. The highest BCUT2D eigenvalue weighted by molar-refractivity contribution is 5.91. The topological polar surface area (TPSA) is 84.9 Å². The van der Waals surface area contributed by atoms with E-state index in [2.05, 4.69) is 15.1 Å². The number of hydrogen-bond donors (Lipinski definition) is 3.